The van der Waals surface area contributed by atoms with Crippen molar-refractivity contribution >= 4 is 11.6 Å². The van der Waals surface area contributed by atoms with Crippen LogP contribution in [-0.2, 0) is 6.54 Å². The molecule has 0 radical (unpaired) electrons. The van der Waals surface area contributed by atoms with Crippen molar-refractivity contribution in [2.24, 2.45) is 0 Å². The van der Waals surface area contributed by atoms with E-state index in [0.717, 1.165) is 25.8 Å². The second kappa shape index (κ2) is 9.45. The Bertz CT molecular complexity index is 429. The number of amides is 1. The van der Waals surface area contributed by atoms with Gasteiger partial charge in [-0.25, -0.2) is 0 Å². The van der Waals surface area contributed by atoms with Crippen molar-refractivity contribution in [3.05, 3.63) is 18.0 Å². The first-order chi connectivity index (χ1) is 10.1. The second-order valence-corrected chi connectivity index (χ2v) is 5.43. The summed E-state index contributed by atoms with van der Waals surface area (Å²) >= 11 is 0. The smallest absolute Gasteiger partial charge is 0.270 e. The van der Waals surface area contributed by atoms with Crippen LogP contribution in [0.4, 0.5) is 5.69 Å². The molecular formula is C16H29N3O2. The van der Waals surface area contributed by atoms with E-state index in [-0.39, 0.29) is 12.5 Å². The fourth-order valence-electron chi connectivity index (χ4n) is 2.47. The molecule has 0 atom stereocenters. The molecule has 0 bridgehead atoms. The first-order valence-electron chi connectivity index (χ1n) is 7.99. The van der Waals surface area contributed by atoms with Gasteiger partial charge in [-0.2, -0.15) is 0 Å². The van der Waals surface area contributed by atoms with Crippen molar-refractivity contribution in [2.45, 2.75) is 52.5 Å². The standard InChI is InChI=1S/C16H29N3O2/c1-3-5-6-7-9-18(10-11-20)16(21)15-12-14(17)13-19(15)8-4-2/h12-13,20H,3-11,17H2,1-2H3. The summed E-state index contributed by atoms with van der Waals surface area (Å²) < 4.78 is 1.91. The number of anilines is 1. The molecule has 0 aliphatic carbocycles. The molecule has 21 heavy (non-hydrogen) atoms. The molecule has 0 saturated carbocycles. The Balaban J connectivity index is 2.74. The molecule has 0 spiro atoms. The number of aliphatic hydroxyl groups is 1. The molecule has 3 N–H and O–H groups in total. The third-order valence-electron chi connectivity index (χ3n) is 3.54. The van der Waals surface area contributed by atoms with Gasteiger partial charge in [0.2, 0.25) is 0 Å². The maximum atomic E-state index is 12.6. The number of aryl methyl sites for hydroxylation is 1. The van der Waals surface area contributed by atoms with Crippen LogP contribution in [0, 0.1) is 0 Å². The third kappa shape index (κ3) is 5.42. The predicted octanol–water partition coefficient (Wildman–Crippen LogP) is 2.50. The zero-order valence-corrected chi connectivity index (χ0v) is 13.3. The van der Waals surface area contributed by atoms with Gasteiger partial charge in [-0.05, 0) is 18.9 Å². The lowest BCUT2D eigenvalue weighted by Gasteiger charge is -2.22. The van der Waals surface area contributed by atoms with E-state index in [1.165, 1.54) is 12.8 Å². The summed E-state index contributed by atoms with van der Waals surface area (Å²) in [6.45, 7) is 6.07. The fourth-order valence-corrected chi connectivity index (χ4v) is 2.47. The monoisotopic (exact) mass is 295 g/mol. The lowest BCUT2D eigenvalue weighted by Crippen LogP contribution is -2.35. The first-order valence-corrected chi connectivity index (χ1v) is 7.99. The highest BCUT2D eigenvalue weighted by Gasteiger charge is 2.19. The van der Waals surface area contributed by atoms with E-state index in [9.17, 15) is 9.90 Å². The van der Waals surface area contributed by atoms with Crippen molar-refractivity contribution in [3.63, 3.8) is 0 Å². The van der Waals surface area contributed by atoms with Crippen LogP contribution >= 0.6 is 0 Å². The molecular weight excluding hydrogens is 266 g/mol. The van der Waals surface area contributed by atoms with E-state index < -0.39 is 0 Å². The number of hydrogen-bond acceptors (Lipinski definition) is 3. The maximum absolute atomic E-state index is 12.6. The maximum Gasteiger partial charge on any atom is 0.270 e. The molecule has 0 aliphatic heterocycles. The zero-order chi connectivity index (χ0) is 15.7. The topological polar surface area (TPSA) is 71.5 Å². The molecule has 5 heteroatoms. The number of carbonyl (C=O) groups is 1. The summed E-state index contributed by atoms with van der Waals surface area (Å²) in [6, 6.07) is 1.73. The van der Waals surface area contributed by atoms with Crippen LogP contribution in [0.1, 0.15) is 56.4 Å². The van der Waals surface area contributed by atoms with Gasteiger partial charge < -0.3 is 20.3 Å². The van der Waals surface area contributed by atoms with Gasteiger partial charge >= 0.3 is 0 Å². The first kappa shape index (κ1) is 17.6. The molecule has 1 aromatic rings. The minimum atomic E-state index is -0.0364. The number of carbonyl (C=O) groups excluding carboxylic acids is 1. The van der Waals surface area contributed by atoms with Crippen molar-refractivity contribution < 1.29 is 9.90 Å². The molecule has 0 aromatic carbocycles. The lowest BCUT2D eigenvalue weighted by atomic mass is 10.2. The van der Waals surface area contributed by atoms with Crippen molar-refractivity contribution in [3.8, 4) is 0 Å². The van der Waals surface area contributed by atoms with E-state index in [1.807, 2.05) is 10.8 Å². The van der Waals surface area contributed by atoms with Gasteiger partial charge in [-0.3, -0.25) is 4.79 Å². The molecule has 1 heterocycles. The van der Waals surface area contributed by atoms with Gasteiger partial charge in [0, 0.05) is 25.8 Å². The average molecular weight is 295 g/mol. The molecule has 0 saturated heterocycles. The SMILES string of the molecule is CCCCCCN(CCO)C(=O)c1cc(N)cn1CCC. The minimum Gasteiger partial charge on any atom is -0.397 e. The molecule has 1 amide bonds. The van der Waals surface area contributed by atoms with E-state index >= 15 is 0 Å². The highest BCUT2D eigenvalue weighted by atomic mass is 16.3. The number of rotatable bonds is 10. The van der Waals surface area contributed by atoms with Crippen LogP contribution in [-0.4, -0.2) is 40.2 Å². The molecule has 0 unspecified atom stereocenters. The van der Waals surface area contributed by atoms with Crippen LogP contribution < -0.4 is 5.73 Å². The Morgan fingerprint density at radius 2 is 2.00 bits per heavy atom. The third-order valence-corrected chi connectivity index (χ3v) is 3.54. The van der Waals surface area contributed by atoms with Crippen LogP contribution in [0.2, 0.25) is 0 Å². The number of hydrogen-bond donors (Lipinski definition) is 2. The minimum absolute atomic E-state index is 0.0104. The quantitative estimate of drug-likeness (QED) is 0.651. The van der Waals surface area contributed by atoms with Crippen molar-refractivity contribution in [1.29, 1.82) is 0 Å². The highest BCUT2D eigenvalue weighted by Crippen LogP contribution is 2.14. The number of nitrogen functional groups attached to an aromatic ring is 1. The average Bonchev–Trinajstić information content (AvgIpc) is 2.83. The molecule has 1 aromatic heterocycles. The van der Waals surface area contributed by atoms with Crippen LogP contribution in [0.3, 0.4) is 0 Å². The van der Waals surface area contributed by atoms with Gasteiger partial charge in [0.1, 0.15) is 5.69 Å². The fraction of sp³-hybridized carbons (Fsp3) is 0.688. The lowest BCUT2D eigenvalue weighted by molar-refractivity contribution is 0.0707. The number of nitrogens with two attached hydrogens (primary N) is 1. The number of unbranched alkanes of at least 4 members (excludes halogenated alkanes) is 3. The zero-order valence-electron chi connectivity index (χ0n) is 13.3. The summed E-state index contributed by atoms with van der Waals surface area (Å²) in [5.41, 5.74) is 7.06. The van der Waals surface area contributed by atoms with Gasteiger partial charge in [0.25, 0.3) is 5.91 Å². The van der Waals surface area contributed by atoms with E-state index in [4.69, 9.17) is 5.73 Å². The molecule has 120 valence electrons. The van der Waals surface area contributed by atoms with Gasteiger partial charge in [0.05, 0.1) is 12.3 Å². The predicted molar refractivity (Wildman–Crippen MR) is 86.3 cm³/mol. The normalized spacial score (nSPS) is 10.8. The molecule has 0 aliphatic rings. The van der Waals surface area contributed by atoms with Crippen molar-refractivity contribution in [1.82, 2.24) is 9.47 Å². The van der Waals surface area contributed by atoms with E-state index in [1.54, 1.807) is 11.0 Å². The summed E-state index contributed by atoms with van der Waals surface area (Å²) in [5, 5.41) is 9.19. The van der Waals surface area contributed by atoms with Crippen LogP contribution in [0.25, 0.3) is 0 Å². The summed E-state index contributed by atoms with van der Waals surface area (Å²) in [5.74, 6) is -0.0364. The summed E-state index contributed by atoms with van der Waals surface area (Å²) in [4.78, 5) is 14.4. The Labute approximate surface area is 127 Å². The number of aliphatic hydroxyl groups excluding tert-OH is 1. The molecule has 1 rings (SSSR count). The summed E-state index contributed by atoms with van der Waals surface area (Å²) in [6.07, 6.45) is 7.20. The second-order valence-electron chi connectivity index (χ2n) is 5.43. The Morgan fingerprint density at radius 3 is 2.62 bits per heavy atom. The largest absolute Gasteiger partial charge is 0.397 e. The van der Waals surface area contributed by atoms with E-state index in [2.05, 4.69) is 13.8 Å². The Hall–Kier alpha value is -1.49. The van der Waals surface area contributed by atoms with E-state index in [0.29, 0.717) is 24.5 Å². The van der Waals surface area contributed by atoms with Crippen LogP contribution in [0.5, 0.6) is 0 Å². The summed E-state index contributed by atoms with van der Waals surface area (Å²) in [7, 11) is 0. The molecule has 0 fully saturated rings. The van der Waals surface area contributed by atoms with Crippen LogP contribution in [0.15, 0.2) is 12.3 Å². The van der Waals surface area contributed by atoms with Gasteiger partial charge in [-0.15, -0.1) is 0 Å². The van der Waals surface area contributed by atoms with Crippen molar-refractivity contribution in [2.75, 3.05) is 25.4 Å². The highest BCUT2D eigenvalue weighted by molar-refractivity contribution is 5.93. The van der Waals surface area contributed by atoms with Gasteiger partial charge in [0.15, 0.2) is 0 Å². The molecule has 5 nitrogen and oxygen atoms in total. The Morgan fingerprint density at radius 1 is 1.24 bits per heavy atom. The van der Waals surface area contributed by atoms with Gasteiger partial charge in [-0.1, -0.05) is 33.1 Å². The number of aromatic nitrogens is 1. The Kier molecular flexibility index (Phi) is 7.90. The number of nitrogens with zero attached hydrogens (tertiary/aromatic N) is 2.